The molecule has 0 radical (unpaired) electrons. The van der Waals surface area contributed by atoms with Gasteiger partial charge in [-0.3, -0.25) is 4.79 Å². The Labute approximate surface area is 142 Å². The molecule has 3 rings (SSSR count). The second kappa shape index (κ2) is 7.47. The van der Waals surface area contributed by atoms with E-state index in [0.717, 1.165) is 22.6 Å². The molecule has 0 fully saturated rings. The molecule has 0 amide bonds. The quantitative estimate of drug-likeness (QED) is 0.604. The van der Waals surface area contributed by atoms with Crippen molar-refractivity contribution in [1.82, 2.24) is 0 Å². The number of anilines is 3. The Bertz CT molecular complexity index is 744. The fourth-order valence-electron chi connectivity index (χ4n) is 2.53. The van der Waals surface area contributed by atoms with Gasteiger partial charge in [0.05, 0.1) is 0 Å². The summed E-state index contributed by atoms with van der Waals surface area (Å²) in [4.78, 5) is 13.1. The number of carbonyl (C=O) groups excluding carboxylic acids is 1. The summed E-state index contributed by atoms with van der Waals surface area (Å²) in [6.45, 7) is 1.72. The lowest BCUT2D eigenvalue weighted by Crippen LogP contribution is -2.09. The highest BCUT2D eigenvalue weighted by molar-refractivity contribution is 5.76. The van der Waals surface area contributed by atoms with E-state index in [0.29, 0.717) is 6.61 Å². The van der Waals surface area contributed by atoms with Crippen molar-refractivity contribution in [2.45, 2.75) is 13.5 Å². The van der Waals surface area contributed by atoms with Crippen molar-refractivity contribution in [3.8, 4) is 0 Å². The van der Waals surface area contributed by atoms with E-state index in [-0.39, 0.29) is 5.97 Å². The van der Waals surface area contributed by atoms with Gasteiger partial charge in [-0.2, -0.15) is 0 Å². The maximum absolute atomic E-state index is 10.9. The van der Waals surface area contributed by atoms with Crippen molar-refractivity contribution >= 4 is 23.0 Å². The maximum atomic E-state index is 10.9. The average Bonchev–Trinajstić information content (AvgIpc) is 2.63. The zero-order valence-corrected chi connectivity index (χ0v) is 13.6. The second-order valence-electron chi connectivity index (χ2n) is 5.45. The van der Waals surface area contributed by atoms with E-state index in [1.807, 2.05) is 60.7 Å². The van der Waals surface area contributed by atoms with Crippen LogP contribution in [0.4, 0.5) is 17.1 Å². The molecular weight excluding hydrogens is 298 g/mol. The van der Waals surface area contributed by atoms with Gasteiger partial charge in [0.15, 0.2) is 0 Å². The van der Waals surface area contributed by atoms with Crippen molar-refractivity contribution < 1.29 is 9.53 Å². The van der Waals surface area contributed by atoms with Crippen LogP contribution >= 0.6 is 0 Å². The zero-order valence-electron chi connectivity index (χ0n) is 13.6. The first-order chi connectivity index (χ1) is 11.7. The first kappa shape index (κ1) is 15.8. The van der Waals surface area contributed by atoms with Gasteiger partial charge >= 0.3 is 5.97 Å². The number of benzene rings is 3. The number of hydrogen-bond donors (Lipinski definition) is 0. The summed E-state index contributed by atoms with van der Waals surface area (Å²) in [6.07, 6.45) is 0. The maximum Gasteiger partial charge on any atom is 0.302 e. The Morgan fingerprint density at radius 1 is 0.750 bits per heavy atom. The SMILES string of the molecule is CC(=O)OCc1ccc(N(c2ccccc2)c2ccccc2)cc1. The van der Waals surface area contributed by atoms with E-state index in [4.69, 9.17) is 4.74 Å². The van der Waals surface area contributed by atoms with E-state index < -0.39 is 0 Å². The van der Waals surface area contributed by atoms with Gasteiger partial charge in [0.25, 0.3) is 0 Å². The average molecular weight is 317 g/mol. The van der Waals surface area contributed by atoms with Crippen LogP contribution in [0.15, 0.2) is 84.9 Å². The lowest BCUT2D eigenvalue weighted by atomic mass is 10.1. The first-order valence-electron chi connectivity index (χ1n) is 7.86. The molecule has 0 aliphatic heterocycles. The molecule has 0 saturated heterocycles. The summed E-state index contributed by atoms with van der Waals surface area (Å²) in [7, 11) is 0. The van der Waals surface area contributed by atoms with Gasteiger partial charge in [0.1, 0.15) is 6.61 Å². The Morgan fingerprint density at radius 2 is 1.21 bits per heavy atom. The van der Waals surface area contributed by atoms with Crippen LogP contribution in [0.5, 0.6) is 0 Å². The van der Waals surface area contributed by atoms with Gasteiger partial charge in [0, 0.05) is 24.0 Å². The van der Waals surface area contributed by atoms with Gasteiger partial charge in [-0.05, 0) is 42.0 Å². The third-order valence-electron chi connectivity index (χ3n) is 3.67. The highest BCUT2D eigenvalue weighted by Gasteiger charge is 2.11. The molecule has 0 unspecified atom stereocenters. The highest BCUT2D eigenvalue weighted by Crippen LogP contribution is 2.33. The van der Waals surface area contributed by atoms with Crippen molar-refractivity contribution in [3.63, 3.8) is 0 Å². The smallest absolute Gasteiger partial charge is 0.302 e. The van der Waals surface area contributed by atoms with Gasteiger partial charge in [-0.1, -0.05) is 48.5 Å². The number of hydrogen-bond acceptors (Lipinski definition) is 3. The normalized spacial score (nSPS) is 10.2. The predicted octanol–water partition coefficient (Wildman–Crippen LogP) is 5.22. The number of esters is 1. The largest absolute Gasteiger partial charge is 0.461 e. The molecule has 0 aromatic heterocycles. The fraction of sp³-hybridized carbons (Fsp3) is 0.0952. The van der Waals surface area contributed by atoms with Gasteiger partial charge < -0.3 is 9.64 Å². The van der Waals surface area contributed by atoms with E-state index in [1.54, 1.807) is 0 Å². The van der Waals surface area contributed by atoms with E-state index in [2.05, 4.69) is 29.2 Å². The van der Waals surface area contributed by atoms with E-state index >= 15 is 0 Å². The Balaban J connectivity index is 1.93. The summed E-state index contributed by atoms with van der Waals surface area (Å²) in [5, 5.41) is 0. The van der Waals surface area contributed by atoms with Crippen LogP contribution in [0.25, 0.3) is 0 Å². The van der Waals surface area contributed by atoms with Crippen LogP contribution in [0.3, 0.4) is 0 Å². The summed E-state index contributed by atoms with van der Waals surface area (Å²) in [5.41, 5.74) is 4.21. The summed E-state index contributed by atoms with van der Waals surface area (Å²) >= 11 is 0. The van der Waals surface area contributed by atoms with Crippen LogP contribution in [0, 0.1) is 0 Å². The zero-order chi connectivity index (χ0) is 16.8. The van der Waals surface area contributed by atoms with Crippen LogP contribution in [-0.2, 0) is 16.1 Å². The Kier molecular flexibility index (Phi) is 4.92. The van der Waals surface area contributed by atoms with Crippen LogP contribution in [0.1, 0.15) is 12.5 Å². The number of para-hydroxylation sites is 2. The highest BCUT2D eigenvalue weighted by atomic mass is 16.5. The van der Waals surface area contributed by atoms with Gasteiger partial charge in [-0.15, -0.1) is 0 Å². The van der Waals surface area contributed by atoms with Crippen LogP contribution in [-0.4, -0.2) is 5.97 Å². The molecule has 3 heteroatoms. The molecule has 0 aliphatic rings. The van der Waals surface area contributed by atoms with Crippen molar-refractivity contribution in [2.75, 3.05) is 4.90 Å². The molecule has 0 saturated carbocycles. The van der Waals surface area contributed by atoms with E-state index in [1.165, 1.54) is 6.92 Å². The fourth-order valence-corrected chi connectivity index (χ4v) is 2.53. The van der Waals surface area contributed by atoms with Crippen molar-refractivity contribution in [3.05, 3.63) is 90.5 Å². The van der Waals surface area contributed by atoms with Crippen molar-refractivity contribution in [2.24, 2.45) is 0 Å². The molecule has 0 heterocycles. The molecule has 0 aliphatic carbocycles. The molecule has 0 atom stereocenters. The minimum Gasteiger partial charge on any atom is -0.461 e. The molecule has 3 nitrogen and oxygen atoms in total. The number of rotatable bonds is 5. The van der Waals surface area contributed by atoms with Gasteiger partial charge in [-0.25, -0.2) is 0 Å². The van der Waals surface area contributed by atoms with Gasteiger partial charge in [0.2, 0.25) is 0 Å². The monoisotopic (exact) mass is 317 g/mol. The molecule has 3 aromatic rings. The first-order valence-corrected chi connectivity index (χ1v) is 7.86. The van der Waals surface area contributed by atoms with Crippen LogP contribution < -0.4 is 4.90 Å². The molecule has 0 bridgehead atoms. The number of nitrogens with zero attached hydrogens (tertiary/aromatic N) is 1. The molecule has 0 N–H and O–H groups in total. The standard InChI is InChI=1S/C21H19NO2/c1-17(23)24-16-18-12-14-21(15-13-18)22(19-8-4-2-5-9-19)20-10-6-3-7-11-20/h2-15H,16H2,1H3. The van der Waals surface area contributed by atoms with Crippen molar-refractivity contribution in [1.29, 1.82) is 0 Å². The molecule has 0 spiro atoms. The Morgan fingerprint density at radius 3 is 1.67 bits per heavy atom. The summed E-state index contributed by atoms with van der Waals surface area (Å²) in [5.74, 6) is -0.269. The second-order valence-corrected chi connectivity index (χ2v) is 5.45. The third-order valence-corrected chi connectivity index (χ3v) is 3.67. The molecule has 3 aromatic carbocycles. The van der Waals surface area contributed by atoms with E-state index in [9.17, 15) is 4.79 Å². The summed E-state index contributed by atoms with van der Waals surface area (Å²) < 4.78 is 5.05. The third kappa shape index (κ3) is 3.82. The summed E-state index contributed by atoms with van der Waals surface area (Å²) in [6, 6.07) is 28.5. The molecule has 120 valence electrons. The number of ether oxygens (including phenoxy) is 1. The minimum absolute atomic E-state index is 0.269. The predicted molar refractivity (Wildman–Crippen MR) is 96.6 cm³/mol. The topological polar surface area (TPSA) is 29.5 Å². The lowest BCUT2D eigenvalue weighted by Gasteiger charge is -2.25. The lowest BCUT2D eigenvalue weighted by molar-refractivity contribution is -0.142. The minimum atomic E-state index is -0.269. The molecule has 24 heavy (non-hydrogen) atoms. The Hall–Kier alpha value is -3.07. The van der Waals surface area contributed by atoms with Crippen LogP contribution in [0.2, 0.25) is 0 Å². The molecular formula is C21H19NO2. The number of carbonyl (C=O) groups is 1.